The van der Waals surface area contributed by atoms with Gasteiger partial charge in [0.25, 0.3) is 0 Å². The lowest BCUT2D eigenvalue weighted by molar-refractivity contribution is 0.415. The quantitative estimate of drug-likeness (QED) is 0.627. The lowest BCUT2D eigenvalue weighted by atomic mass is 9.97. The second kappa shape index (κ2) is 9.05. The molecule has 1 heterocycles. The average molecular weight is 394 g/mol. The molecule has 2 N–H and O–H groups in total. The summed E-state index contributed by atoms with van der Waals surface area (Å²) in [6.07, 6.45) is 8.27. The van der Waals surface area contributed by atoms with Crippen LogP contribution in [0.3, 0.4) is 0 Å². The van der Waals surface area contributed by atoms with Gasteiger partial charge in [0.05, 0.1) is 12.1 Å². The average Bonchev–Trinajstić information content (AvgIpc) is 2.62. The summed E-state index contributed by atoms with van der Waals surface area (Å²) in [6.45, 7) is 0.764. The van der Waals surface area contributed by atoms with Crippen LogP contribution in [-0.4, -0.2) is 28.6 Å². The van der Waals surface area contributed by atoms with Gasteiger partial charge in [0.2, 0.25) is 17.2 Å². The molecule has 1 aliphatic rings. The standard InChI is InChI=1S/C18H21Cl2N5O/c1-26-15-8-7-13(11-14(15)19)22-18-24-16(20)23-17(25-18)21-10-9-12-5-3-2-4-6-12/h5,7-8,11H,2-4,6,9-10H2,1H3,(H2,21,22,23,24,25). The fourth-order valence-corrected chi connectivity index (χ4v) is 3.24. The molecule has 0 atom stereocenters. The van der Waals surface area contributed by atoms with Gasteiger partial charge in [0.1, 0.15) is 5.75 Å². The molecule has 0 spiro atoms. The zero-order chi connectivity index (χ0) is 18.4. The van der Waals surface area contributed by atoms with Gasteiger partial charge < -0.3 is 15.4 Å². The maximum absolute atomic E-state index is 6.14. The van der Waals surface area contributed by atoms with Crippen molar-refractivity contribution in [3.05, 3.63) is 40.2 Å². The number of nitrogens with one attached hydrogen (secondary N) is 2. The van der Waals surface area contributed by atoms with E-state index in [0.29, 0.717) is 22.7 Å². The van der Waals surface area contributed by atoms with Gasteiger partial charge in [-0.25, -0.2) is 0 Å². The monoisotopic (exact) mass is 393 g/mol. The predicted molar refractivity (Wildman–Crippen MR) is 106 cm³/mol. The van der Waals surface area contributed by atoms with Crippen LogP contribution in [0.5, 0.6) is 5.75 Å². The van der Waals surface area contributed by atoms with Crippen molar-refractivity contribution in [2.24, 2.45) is 0 Å². The Morgan fingerprint density at radius 3 is 2.69 bits per heavy atom. The second-order valence-corrected chi connectivity index (χ2v) is 6.76. The van der Waals surface area contributed by atoms with Gasteiger partial charge in [-0.05, 0) is 61.9 Å². The van der Waals surface area contributed by atoms with Gasteiger partial charge in [-0.3, -0.25) is 0 Å². The van der Waals surface area contributed by atoms with Crippen LogP contribution < -0.4 is 15.4 Å². The highest BCUT2D eigenvalue weighted by molar-refractivity contribution is 6.32. The van der Waals surface area contributed by atoms with E-state index in [9.17, 15) is 0 Å². The van der Waals surface area contributed by atoms with Crippen molar-refractivity contribution in [2.75, 3.05) is 24.3 Å². The predicted octanol–water partition coefficient (Wildman–Crippen LogP) is 5.23. The van der Waals surface area contributed by atoms with Gasteiger partial charge in [-0.15, -0.1) is 0 Å². The number of allylic oxidation sites excluding steroid dienone is 1. The first-order valence-corrected chi connectivity index (χ1v) is 9.33. The van der Waals surface area contributed by atoms with Crippen LogP contribution in [0, 0.1) is 0 Å². The number of benzene rings is 1. The van der Waals surface area contributed by atoms with Crippen molar-refractivity contribution in [3.63, 3.8) is 0 Å². The zero-order valence-corrected chi connectivity index (χ0v) is 16.1. The number of hydrogen-bond acceptors (Lipinski definition) is 6. The van der Waals surface area contributed by atoms with Crippen LogP contribution in [-0.2, 0) is 0 Å². The Balaban J connectivity index is 1.63. The molecular formula is C18H21Cl2N5O. The number of nitrogens with zero attached hydrogens (tertiary/aromatic N) is 3. The molecule has 1 aromatic carbocycles. The van der Waals surface area contributed by atoms with Crippen LogP contribution in [0.25, 0.3) is 0 Å². The summed E-state index contributed by atoms with van der Waals surface area (Å²) < 4.78 is 5.15. The molecule has 1 aromatic heterocycles. The molecule has 0 amide bonds. The van der Waals surface area contributed by atoms with E-state index in [-0.39, 0.29) is 5.28 Å². The van der Waals surface area contributed by atoms with Gasteiger partial charge in [0, 0.05) is 12.2 Å². The molecule has 0 unspecified atom stereocenters. The summed E-state index contributed by atoms with van der Waals surface area (Å²) in [7, 11) is 1.57. The van der Waals surface area contributed by atoms with Crippen molar-refractivity contribution in [1.82, 2.24) is 15.0 Å². The van der Waals surface area contributed by atoms with E-state index in [1.54, 1.807) is 19.2 Å². The maximum atomic E-state index is 6.14. The number of anilines is 3. The normalized spacial score (nSPS) is 13.9. The molecule has 0 aliphatic heterocycles. The summed E-state index contributed by atoms with van der Waals surface area (Å²) in [5.41, 5.74) is 2.23. The van der Waals surface area contributed by atoms with Crippen molar-refractivity contribution >= 4 is 40.8 Å². The van der Waals surface area contributed by atoms with Crippen LogP contribution in [0.2, 0.25) is 10.3 Å². The van der Waals surface area contributed by atoms with Crippen LogP contribution >= 0.6 is 23.2 Å². The van der Waals surface area contributed by atoms with E-state index in [4.69, 9.17) is 27.9 Å². The number of rotatable bonds is 7. The van der Waals surface area contributed by atoms with Gasteiger partial charge >= 0.3 is 0 Å². The van der Waals surface area contributed by atoms with Crippen LogP contribution in [0.1, 0.15) is 32.1 Å². The van der Waals surface area contributed by atoms with E-state index in [1.807, 2.05) is 6.07 Å². The molecule has 2 aromatic rings. The Labute approximate surface area is 163 Å². The lowest BCUT2D eigenvalue weighted by Gasteiger charge is -2.13. The fraction of sp³-hybridized carbons (Fsp3) is 0.389. The third-order valence-corrected chi connectivity index (χ3v) is 4.59. The number of methoxy groups -OCH3 is 1. The third kappa shape index (κ3) is 5.22. The number of halogens is 2. The Kier molecular flexibility index (Phi) is 6.52. The van der Waals surface area contributed by atoms with Crippen molar-refractivity contribution < 1.29 is 4.74 Å². The maximum Gasteiger partial charge on any atom is 0.233 e. The summed E-state index contributed by atoms with van der Waals surface area (Å²) in [6, 6.07) is 5.33. The molecule has 0 radical (unpaired) electrons. The summed E-state index contributed by atoms with van der Waals surface area (Å²) in [5.74, 6) is 1.40. The lowest BCUT2D eigenvalue weighted by Crippen LogP contribution is -2.09. The molecule has 26 heavy (non-hydrogen) atoms. The molecular weight excluding hydrogens is 373 g/mol. The topological polar surface area (TPSA) is 72.0 Å². The Morgan fingerprint density at radius 1 is 1.12 bits per heavy atom. The Bertz CT molecular complexity index is 797. The first kappa shape index (κ1) is 18.7. The summed E-state index contributed by atoms with van der Waals surface area (Å²) in [4.78, 5) is 12.6. The van der Waals surface area contributed by atoms with Gasteiger partial charge in [0.15, 0.2) is 0 Å². The molecule has 138 valence electrons. The molecule has 0 bridgehead atoms. The number of ether oxygens (including phenoxy) is 1. The molecule has 8 heteroatoms. The van der Waals surface area contributed by atoms with Crippen LogP contribution in [0.15, 0.2) is 29.8 Å². The highest BCUT2D eigenvalue weighted by Gasteiger charge is 2.08. The molecule has 1 aliphatic carbocycles. The van der Waals surface area contributed by atoms with E-state index >= 15 is 0 Å². The first-order chi connectivity index (χ1) is 12.6. The minimum atomic E-state index is 0.126. The summed E-state index contributed by atoms with van der Waals surface area (Å²) >= 11 is 12.2. The highest BCUT2D eigenvalue weighted by atomic mass is 35.5. The summed E-state index contributed by atoms with van der Waals surface area (Å²) in [5, 5.41) is 6.92. The van der Waals surface area contributed by atoms with Crippen molar-refractivity contribution in [2.45, 2.75) is 32.1 Å². The van der Waals surface area contributed by atoms with Crippen molar-refractivity contribution in [3.8, 4) is 5.75 Å². The SMILES string of the molecule is COc1ccc(Nc2nc(Cl)nc(NCCC3=CCCCC3)n2)cc1Cl. The van der Waals surface area contributed by atoms with Gasteiger partial charge in [-0.2, -0.15) is 15.0 Å². The molecule has 6 nitrogen and oxygen atoms in total. The molecule has 0 saturated heterocycles. The highest BCUT2D eigenvalue weighted by Crippen LogP contribution is 2.28. The zero-order valence-electron chi connectivity index (χ0n) is 14.6. The van der Waals surface area contributed by atoms with Crippen molar-refractivity contribution in [1.29, 1.82) is 0 Å². The Hall–Kier alpha value is -2.05. The molecule has 3 rings (SSSR count). The number of hydrogen-bond donors (Lipinski definition) is 2. The van der Waals surface area contributed by atoms with E-state index in [2.05, 4.69) is 31.7 Å². The first-order valence-electron chi connectivity index (χ1n) is 8.58. The Morgan fingerprint density at radius 2 is 1.96 bits per heavy atom. The fourth-order valence-electron chi connectivity index (χ4n) is 2.82. The number of aromatic nitrogens is 3. The minimum absolute atomic E-state index is 0.126. The third-order valence-electron chi connectivity index (χ3n) is 4.13. The largest absolute Gasteiger partial charge is 0.495 e. The van der Waals surface area contributed by atoms with Crippen LogP contribution in [0.4, 0.5) is 17.6 Å². The second-order valence-electron chi connectivity index (χ2n) is 6.01. The minimum Gasteiger partial charge on any atom is -0.495 e. The van der Waals surface area contributed by atoms with E-state index in [0.717, 1.165) is 18.7 Å². The van der Waals surface area contributed by atoms with Gasteiger partial charge in [-0.1, -0.05) is 23.3 Å². The molecule has 0 fully saturated rings. The smallest absolute Gasteiger partial charge is 0.233 e. The van der Waals surface area contributed by atoms with E-state index < -0.39 is 0 Å². The molecule has 0 saturated carbocycles. The van der Waals surface area contributed by atoms with E-state index in [1.165, 1.54) is 31.3 Å².